The molecule has 3 heteroatoms. The Bertz CT molecular complexity index is 744. The van der Waals surface area contributed by atoms with E-state index in [1.165, 1.54) is 27.1 Å². The van der Waals surface area contributed by atoms with Gasteiger partial charge in [0.25, 0.3) is 0 Å². The zero-order valence-electron chi connectivity index (χ0n) is 11.6. The lowest BCUT2D eigenvalue weighted by molar-refractivity contribution is 0.805. The summed E-state index contributed by atoms with van der Waals surface area (Å²) in [6.45, 7) is 3.04. The van der Waals surface area contributed by atoms with Crippen LogP contribution in [0.15, 0.2) is 53.4 Å². The Balaban J connectivity index is 2.02. The monoisotopic (exact) mass is 301 g/mol. The molecule has 0 saturated carbocycles. The first-order valence-corrected chi connectivity index (χ1v) is 8.16. The van der Waals surface area contributed by atoms with E-state index in [2.05, 4.69) is 54.1 Å². The lowest BCUT2D eigenvalue weighted by atomic mass is 10.2. The standard InChI is InChI=1S/C17H16ClNS/c1-12-9-14-10-16(20-2)7-8-17(14)19(12)11-13-3-5-15(18)6-4-13/h3-10H,11H2,1-2H3. The molecule has 2 aromatic carbocycles. The number of aromatic nitrogens is 1. The van der Waals surface area contributed by atoms with Crippen LogP contribution in [-0.2, 0) is 6.54 Å². The summed E-state index contributed by atoms with van der Waals surface area (Å²) in [5.41, 5.74) is 3.84. The molecule has 0 N–H and O–H groups in total. The molecule has 0 spiro atoms. The smallest absolute Gasteiger partial charge is 0.0486 e. The summed E-state index contributed by atoms with van der Waals surface area (Å²) in [7, 11) is 0. The highest BCUT2D eigenvalue weighted by atomic mass is 35.5. The van der Waals surface area contributed by atoms with E-state index in [1.807, 2.05) is 12.1 Å². The number of aryl methyl sites for hydroxylation is 1. The molecule has 0 unspecified atom stereocenters. The average molecular weight is 302 g/mol. The maximum atomic E-state index is 5.94. The van der Waals surface area contributed by atoms with Crippen molar-refractivity contribution in [3.05, 3.63) is 64.8 Å². The normalized spacial score (nSPS) is 11.2. The second kappa shape index (κ2) is 5.55. The summed E-state index contributed by atoms with van der Waals surface area (Å²) in [5.74, 6) is 0. The van der Waals surface area contributed by atoms with Crippen LogP contribution in [-0.4, -0.2) is 10.8 Å². The van der Waals surface area contributed by atoms with Crippen LogP contribution in [0.4, 0.5) is 0 Å². The van der Waals surface area contributed by atoms with E-state index in [9.17, 15) is 0 Å². The van der Waals surface area contributed by atoms with E-state index in [0.717, 1.165) is 11.6 Å². The van der Waals surface area contributed by atoms with Gasteiger partial charge in [0.1, 0.15) is 0 Å². The van der Waals surface area contributed by atoms with Crippen molar-refractivity contribution in [2.45, 2.75) is 18.4 Å². The van der Waals surface area contributed by atoms with Gasteiger partial charge in [0.15, 0.2) is 0 Å². The van der Waals surface area contributed by atoms with Gasteiger partial charge in [-0.3, -0.25) is 0 Å². The van der Waals surface area contributed by atoms with Crippen LogP contribution in [0.5, 0.6) is 0 Å². The summed E-state index contributed by atoms with van der Waals surface area (Å²) >= 11 is 7.72. The molecule has 0 aliphatic rings. The van der Waals surface area contributed by atoms with Gasteiger partial charge < -0.3 is 4.57 Å². The van der Waals surface area contributed by atoms with Crippen molar-refractivity contribution in [1.82, 2.24) is 4.57 Å². The van der Waals surface area contributed by atoms with Gasteiger partial charge >= 0.3 is 0 Å². The number of hydrogen-bond acceptors (Lipinski definition) is 1. The van der Waals surface area contributed by atoms with Gasteiger partial charge in [-0.05, 0) is 55.1 Å². The van der Waals surface area contributed by atoms with Gasteiger partial charge in [-0.15, -0.1) is 11.8 Å². The number of fused-ring (bicyclic) bond motifs is 1. The molecule has 0 atom stereocenters. The SMILES string of the molecule is CSc1ccc2c(c1)cc(C)n2Cc1ccc(Cl)cc1. The quantitative estimate of drug-likeness (QED) is 0.588. The van der Waals surface area contributed by atoms with Crippen molar-refractivity contribution in [3.8, 4) is 0 Å². The largest absolute Gasteiger partial charge is 0.340 e. The summed E-state index contributed by atoms with van der Waals surface area (Å²) in [4.78, 5) is 1.31. The topological polar surface area (TPSA) is 4.93 Å². The molecule has 1 aromatic heterocycles. The fourth-order valence-corrected chi connectivity index (χ4v) is 3.07. The van der Waals surface area contributed by atoms with Crippen molar-refractivity contribution < 1.29 is 0 Å². The third-order valence-electron chi connectivity index (χ3n) is 3.57. The fraction of sp³-hybridized carbons (Fsp3) is 0.176. The Labute approximate surface area is 128 Å². The molecule has 3 rings (SSSR count). The van der Waals surface area contributed by atoms with Crippen molar-refractivity contribution >= 4 is 34.3 Å². The zero-order chi connectivity index (χ0) is 14.1. The van der Waals surface area contributed by atoms with E-state index in [0.29, 0.717) is 0 Å². The lowest BCUT2D eigenvalue weighted by Crippen LogP contribution is -2.01. The maximum absolute atomic E-state index is 5.94. The molecule has 0 aliphatic carbocycles. The third-order valence-corrected chi connectivity index (χ3v) is 4.55. The average Bonchev–Trinajstić information content (AvgIpc) is 2.76. The highest BCUT2D eigenvalue weighted by Gasteiger charge is 2.07. The van der Waals surface area contributed by atoms with Gasteiger partial charge in [-0.25, -0.2) is 0 Å². The molecular formula is C17H16ClNS. The summed E-state index contributed by atoms with van der Waals surface area (Å²) in [5, 5.41) is 2.09. The fourth-order valence-electron chi connectivity index (χ4n) is 2.50. The van der Waals surface area contributed by atoms with Crippen LogP contribution >= 0.6 is 23.4 Å². The van der Waals surface area contributed by atoms with Crippen molar-refractivity contribution in [3.63, 3.8) is 0 Å². The maximum Gasteiger partial charge on any atom is 0.0486 e. The van der Waals surface area contributed by atoms with Gasteiger partial charge in [0, 0.05) is 33.1 Å². The Morgan fingerprint density at radius 3 is 2.50 bits per heavy atom. The Morgan fingerprint density at radius 2 is 1.80 bits per heavy atom. The van der Waals surface area contributed by atoms with Gasteiger partial charge in [0.2, 0.25) is 0 Å². The minimum Gasteiger partial charge on any atom is -0.340 e. The van der Waals surface area contributed by atoms with Crippen molar-refractivity contribution in [2.24, 2.45) is 0 Å². The molecule has 0 amide bonds. The first-order chi connectivity index (χ1) is 9.67. The van der Waals surface area contributed by atoms with Gasteiger partial charge in [-0.1, -0.05) is 23.7 Å². The molecule has 1 nitrogen and oxygen atoms in total. The van der Waals surface area contributed by atoms with Crippen LogP contribution in [0.3, 0.4) is 0 Å². The second-order valence-corrected chi connectivity index (χ2v) is 6.24. The van der Waals surface area contributed by atoms with E-state index >= 15 is 0 Å². The molecule has 1 heterocycles. The first-order valence-electron chi connectivity index (χ1n) is 6.56. The molecule has 102 valence electrons. The highest BCUT2D eigenvalue weighted by molar-refractivity contribution is 7.98. The summed E-state index contributed by atoms with van der Waals surface area (Å²) in [6.07, 6.45) is 2.11. The Hall–Kier alpha value is -1.38. The van der Waals surface area contributed by atoms with Crippen molar-refractivity contribution in [2.75, 3.05) is 6.26 Å². The zero-order valence-corrected chi connectivity index (χ0v) is 13.1. The number of nitrogens with zero attached hydrogens (tertiary/aromatic N) is 1. The Morgan fingerprint density at radius 1 is 1.05 bits per heavy atom. The van der Waals surface area contributed by atoms with Crippen LogP contribution in [0.2, 0.25) is 5.02 Å². The molecule has 0 radical (unpaired) electrons. The van der Waals surface area contributed by atoms with Gasteiger partial charge in [0.05, 0.1) is 0 Å². The van der Waals surface area contributed by atoms with E-state index < -0.39 is 0 Å². The third kappa shape index (κ3) is 2.58. The number of benzene rings is 2. The molecule has 0 bridgehead atoms. The van der Waals surface area contributed by atoms with Crippen molar-refractivity contribution in [1.29, 1.82) is 0 Å². The molecule has 0 saturated heterocycles. The van der Waals surface area contributed by atoms with Gasteiger partial charge in [-0.2, -0.15) is 0 Å². The number of halogens is 1. The first kappa shape index (κ1) is 13.6. The lowest BCUT2D eigenvalue weighted by Gasteiger charge is -2.09. The second-order valence-electron chi connectivity index (χ2n) is 4.92. The number of hydrogen-bond donors (Lipinski definition) is 0. The molecule has 0 aliphatic heterocycles. The number of rotatable bonds is 3. The highest BCUT2D eigenvalue weighted by Crippen LogP contribution is 2.26. The van der Waals surface area contributed by atoms with E-state index in [1.54, 1.807) is 11.8 Å². The minimum absolute atomic E-state index is 0.785. The molecular weight excluding hydrogens is 286 g/mol. The molecule has 3 aromatic rings. The predicted octanol–water partition coefficient (Wildman–Crippen LogP) is 5.37. The summed E-state index contributed by atoms with van der Waals surface area (Å²) in [6, 6.07) is 17.0. The Kier molecular flexibility index (Phi) is 3.77. The van der Waals surface area contributed by atoms with Crippen LogP contribution < -0.4 is 0 Å². The minimum atomic E-state index is 0.785. The van der Waals surface area contributed by atoms with Crippen LogP contribution in [0.1, 0.15) is 11.3 Å². The number of thioether (sulfide) groups is 1. The van der Waals surface area contributed by atoms with E-state index in [4.69, 9.17) is 11.6 Å². The molecule has 0 fully saturated rings. The molecule has 20 heavy (non-hydrogen) atoms. The summed E-state index contributed by atoms with van der Waals surface area (Å²) < 4.78 is 2.35. The predicted molar refractivity (Wildman–Crippen MR) is 89.0 cm³/mol. The van der Waals surface area contributed by atoms with Crippen LogP contribution in [0.25, 0.3) is 10.9 Å². The van der Waals surface area contributed by atoms with Crippen LogP contribution in [0, 0.1) is 6.92 Å². The van der Waals surface area contributed by atoms with E-state index in [-0.39, 0.29) is 0 Å².